The minimum atomic E-state index is -0.320. The average Bonchev–Trinajstić information content (AvgIpc) is 3.10. The molecule has 1 heterocycles. The van der Waals surface area contributed by atoms with Crippen molar-refractivity contribution in [3.05, 3.63) is 66.7 Å². The zero-order valence-electron chi connectivity index (χ0n) is 14.4. The van der Waals surface area contributed by atoms with Gasteiger partial charge in [0, 0.05) is 18.0 Å². The second-order valence-corrected chi connectivity index (χ2v) is 6.40. The number of fused-ring (bicyclic) bond motifs is 1. The van der Waals surface area contributed by atoms with Gasteiger partial charge in [-0.25, -0.2) is 9.78 Å². The van der Waals surface area contributed by atoms with Crippen LogP contribution in [0.15, 0.2) is 66.3 Å². The predicted octanol–water partition coefficient (Wildman–Crippen LogP) is 4.03. The summed E-state index contributed by atoms with van der Waals surface area (Å²) in [6.45, 7) is 4.43. The van der Waals surface area contributed by atoms with E-state index >= 15 is 0 Å². The molecule has 0 radical (unpaired) electrons. The highest BCUT2D eigenvalue weighted by Gasteiger charge is 2.10. The number of oxime groups is 1. The minimum Gasteiger partial charge on any atom is -0.331 e. The summed E-state index contributed by atoms with van der Waals surface area (Å²) in [4.78, 5) is 21.1. The van der Waals surface area contributed by atoms with E-state index in [1.54, 1.807) is 12.5 Å². The van der Waals surface area contributed by atoms with Crippen LogP contribution >= 0.6 is 0 Å². The summed E-state index contributed by atoms with van der Waals surface area (Å²) in [6, 6.07) is 14.2. The normalized spacial score (nSPS) is 11.9. The molecule has 0 aliphatic carbocycles. The first kappa shape index (κ1) is 16.9. The average molecular weight is 335 g/mol. The van der Waals surface area contributed by atoms with E-state index in [1.165, 1.54) is 0 Å². The van der Waals surface area contributed by atoms with Crippen molar-refractivity contribution >= 4 is 22.5 Å². The number of imidazole rings is 1. The number of nitrogens with zero attached hydrogens (tertiary/aromatic N) is 3. The molecular formula is C20H21N3O2. The third-order valence-electron chi connectivity index (χ3n) is 3.81. The van der Waals surface area contributed by atoms with Gasteiger partial charge in [0.1, 0.15) is 5.71 Å². The van der Waals surface area contributed by atoms with Gasteiger partial charge in [-0.1, -0.05) is 55.4 Å². The van der Waals surface area contributed by atoms with Gasteiger partial charge in [-0.15, -0.1) is 0 Å². The zero-order chi connectivity index (χ0) is 17.6. The van der Waals surface area contributed by atoms with Crippen molar-refractivity contribution in [2.24, 2.45) is 11.1 Å². The van der Waals surface area contributed by atoms with E-state index in [0.717, 1.165) is 16.3 Å². The fourth-order valence-corrected chi connectivity index (χ4v) is 2.57. The summed E-state index contributed by atoms with van der Waals surface area (Å²) in [5, 5.41) is 6.42. The number of carbonyl (C=O) groups excluding carboxylic acids is 1. The number of carbonyl (C=O) groups is 1. The number of rotatable bonds is 6. The SMILES string of the molecule is CC(C)CC(=O)O/N=C(\Cn1ccnc1)c1ccc2ccccc2c1. The van der Waals surface area contributed by atoms with Gasteiger partial charge >= 0.3 is 5.97 Å². The van der Waals surface area contributed by atoms with Crippen molar-refractivity contribution < 1.29 is 9.63 Å². The van der Waals surface area contributed by atoms with Crippen LogP contribution in [0.3, 0.4) is 0 Å². The molecule has 0 saturated carbocycles. The molecule has 0 amide bonds. The van der Waals surface area contributed by atoms with Gasteiger partial charge in [-0.05, 0) is 22.8 Å². The van der Waals surface area contributed by atoms with Gasteiger partial charge in [0.15, 0.2) is 0 Å². The Labute approximate surface area is 146 Å². The molecule has 0 unspecified atom stereocenters. The summed E-state index contributed by atoms with van der Waals surface area (Å²) < 4.78 is 1.89. The zero-order valence-corrected chi connectivity index (χ0v) is 14.4. The molecule has 0 fully saturated rings. The molecule has 3 aromatic rings. The van der Waals surface area contributed by atoms with Gasteiger partial charge < -0.3 is 9.40 Å². The first-order chi connectivity index (χ1) is 12.1. The fraction of sp³-hybridized carbons (Fsp3) is 0.250. The van der Waals surface area contributed by atoms with Crippen LogP contribution < -0.4 is 0 Å². The quantitative estimate of drug-likeness (QED) is 0.388. The Balaban J connectivity index is 1.89. The lowest BCUT2D eigenvalue weighted by atomic mass is 10.0. The topological polar surface area (TPSA) is 56.5 Å². The van der Waals surface area contributed by atoms with Crippen molar-refractivity contribution in [3.63, 3.8) is 0 Å². The van der Waals surface area contributed by atoms with Crippen molar-refractivity contribution in [2.75, 3.05) is 0 Å². The van der Waals surface area contributed by atoms with Crippen molar-refractivity contribution in [1.29, 1.82) is 0 Å². The highest BCUT2D eigenvalue weighted by atomic mass is 16.7. The number of aromatic nitrogens is 2. The smallest absolute Gasteiger partial charge is 0.331 e. The van der Waals surface area contributed by atoms with Crippen LogP contribution in [0.4, 0.5) is 0 Å². The van der Waals surface area contributed by atoms with Crippen LogP contribution in [0.5, 0.6) is 0 Å². The van der Waals surface area contributed by atoms with E-state index in [1.807, 2.05) is 48.9 Å². The molecule has 0 aliphatic heterocycles. The maximum Gasteiger partial charge on any atom is 0.335 e. The molecular weight excluding hydrogens is 314 g/mol. The lowest BCUT2D eigenvalue weighted by molar-refractivity contribution is -0.144. The molecule has 0 aliphatic rings. The first-order valence-electron chi connectivity index (χ1n) is 8.33. The van der Waals surface area contributed by atoms with Gasteiger partial charge in [-0.2, -0.15) is 0 Å². The largest absolute Gasteiger partial charge is 0.335 e. The van der Waals surface area contributed by atoms with E-state index in [2.05, 4.69) is 28.3 Å². The second kappa shape index (κ2) is 7.75. The summed E-state index contributed by atoms with van der Waals surface area (Å²) in [5.41, 5.74) is 1.60. The summed E-state index contributed by atoms with van der Waals surface area (Å²) >= 11 is 0. The highest BCUT2D eigenvalue weighted by molar-refractivity contribution is 6.03. The molecule has 128 valence electrons. The molecule has 25 heavy (non-hydrogen) atoms. The van der Waals surface area contributed by atoms with Gasteiger partial charge in [-0.3, -0.25) is 0 Å². The van der Waals surface area contributed by atoms with Crippen molar-refractivity contribution in [1.82, 2.24) is 9.55 Å². The van der Waals surface area contributed by atoms with E-state index in [9.17, 15) is 4.79 Å². The number of hydrogen-bond acceptors (Lipinski definition) is 4. The van der Waals surface area contributed by atoms with Crippen LogP contribution in [0.25, 0.3) is 10.8 Å². The third kappa shape index (κ3) is 4.53. The van der Waals surface area contributed by atoms with Crippen LogP contribution in [0.2, 0.25) is 0 Å². The molecule has 0 saturated heterocycles. The molecule has 1 aromatic heterocycles. The van der Waals surface area contributed by atoms with Crippen LogP contribution in [-0.2, 0) is 16.2 Å². The van der Waals surface area contributed by atoms with Gasteiger partial charge in [0.05, 0.1) is 19.3 Å². The highest BCUT2D eigenvalue weighted by Crippen LogP contribution is 2.17. The van der Waals surface area contributed by atoms with E-state index in [-0.39, 0.29) is 11.9 Å². The molecule has 0 atom stereocenters. The van der Waals surface area contributed by atoms with E-state index in [0.29, 0.717) is 18.7 Å². The Hall–Kier alpha value is -2.95. The van der Waals surface area contributed by atoms with Crippen LogP contribution in [0, 0.1) is 5.92 Å². The summed E-state index contributed by atoms with van der Waals surface area (Å²) in [5.74, 6) is -0.0839. The van der Waals surface area contributed by atoms with E-state index < -0.39 is 0 Å². The Morgan fingerprint density at radius 1 is 1.20 bits per heavy atom. The monoisotopic (exact) mass is 335 g/mol. The molecule has 0 N–H and O–H groups in total. The second-order valence-electron chi connectivity index (χ2n) is 6.40. The standard InChI is InChI=1S/C20H21N3O2/c1-15(2)11-20(24)25-22-19(13-23-10-9-21-14-23)18-8-7-16-5-3-4-6-17(16)12-18/h3-10,12,14-15H,11,13H2,1-2H3/b22-19+. The summed E-state index contributed by atoms with van der Waals surface area (Å²) in [6.07, 6.45) is 5.63. The minimum absolute atomic E-state index is 0.237. The van der Waals surface area contributed by atoms with Gasteiger partial charge in [0.2, 0.25) is 0 Å². The molecule has 5 nitrogen and oxygen atoms in total. The summed E-state index contributed by atoms with van der Waals surface area (Å²) in [7, 11) is 0. The third-order valence-corrected chi connectivity index (χ3v) is 3.81. The number of benzene rings is 2. The Morgan fingerprint density at radius 2 is 2.00 bits per heavy atom. The molecule has 5 heteroatoms. The molecule has 2 aromatic carbocycles. The van der Waals surface area contributed by atoms with Crippen molar-refractivity contribution in [2.45, 2.75) is 26.8 Å². The lowest BCUT2D eigenvalue weighted by Gasteiger charge is -2.09. The van der Waals surface area contributed by atoms with Gasteiger partial charge in [0.25, 0.3) is 0 Å². The van der Waals surface area contributed by atoms with Crippen LogP contribution in [-0.4, -0.2) is 21.2 Å². The Morgan fingerprint density at radius 3 is 2.72 bits per heavy atom. The molecule has 0 bridgehead atoms. The fourth-order valence-electron chi connectivity index (χ4n) is 2.57. The number of hydrogen-bond donors (Lipinski definition) is 0. The van der Waals surface area contributed by atoms with Crippen LogP contribution in [0.1, 0.15) is 25.8 Å². The predicted molar refractivity (Wildman–Crippen MR) is 98.3 cm³/mol. The Kier molecular flexibility index (Phi) is 5.23. The van der Waals surface area contributed by atoms with E-state index in [4.69, 9.17) is 4.84 Å². The maximum atomic E-state index is 11.9. The lowest BCUT2D eigenvalue weighted by Crippen LogP contribution is -2.13. The first-order valence-corrected chi connectivity index (χ1v) is 8.33. The van der Waals surface area contributed by atoms with Crippen molar-refractivity contribution in [3.8, 4) is 0 Å². The molecule has 3 rings (SSSR count). The Bertz CT molecular complexity index is 883. The maximum absolute atomic E-state index is 11.9. The molecule has 0 spiro atoms.